The van der Waals surface area contributed by atoms with Crippen molar-refractivity contribution >= 4 is 5.95 Å². The molecule has 0 amide bonds. The van der Waals surface area contributed by atoms with E-state index in [0.717, 1.165) is 42.1 Å². The summed E-state index contributed by atoms with van der Waals surface area (Å²) in [7, 11) is 2.01. The minimum atomic E-state index is -0.216. The Labute approximate surface area is 205 Å². The third-order valence-electron chi connectivity index (χ3n) is 6.25. The Kier molecular flexibility index (Phi) is 6.73. The van der Waals surface area contributed by atoms with Crippen LogP contribution in [0, 0.1) is 12.7 Å². The van der Waals surface area contributed by atoms with Gasteiger partial charge in [0.2, 0.25) is 11.8 Å². The molecule has 3 aromatic carbocycles. The average Bonchev–Trinajstić information content (AvgIpc) is 2.87. The molecule has 0 fully saturated rings. The summed E-state index contributed by atoms with van der Waals surface area (Å²) in [5, 5.41) is 0. The van der Waals surface area contributed by atoms with Crippen molar-refractivity contribution in [2.45, 2.75) is 33.0 Å². The van der Waals surface area contributed by atoms with Gasteiger partial charge in [-0.15, -0.1) is 0 Å². The molecule has 0 saturated heterocycles. The Morgan fingerprint density at radius 3 is 2.40 bits per heavy atom. The second kappa shape index (κ2) is 10.2. The SMILES string of the molecule is Cc1ccc(Oc2nc(N(C)Cc3ccccc3)nc3c2CN(Cc2ccc(F)cc2)CC3)cc1. The van der Waals surface area contributed by atoms with E-state index in [0.29, 0.717) is 24.9 Å². The summed E-state index contributed by atoms with van der Waals surface area (Å²) >= 11 is 0. The van der Waals surface area contributed by atoms with Crippen molar-refractivity contribution in [3.63, 3.8) is 0 Å². The molecule has 0 spiro atoms. The van der Waals surface area contributed by atoms with Crippen LogP contribution in [0.3, 0.4) is 0 Å². The van der Waals surface area contributed by atoms with Crippen molar-refractivity contribution in [1.29, 1.82) is 0 Å². The molecule has 0 aliphatic carbocycles. The Hall–Kier alpha value is -3.77. The van der Waals surface area contributed by atoms with Gasteiger partial charge < -0.3 is 9.64 Å². The highest BCUT2D eigenvalue weighted by Crippen LogP contribution is 2.32. The maximum atomic E-state index is 13.3. The molecule has 0 atom stereocenters. The van der Waals surface area contributed by atoms with E-state index < -0.39 is 0 Å². The predicted molar refractivity (Wildman–Crippen MR) is 136 cm³/mol. The second-order valence-electron chi connectivity index (χ2n) is 9.10. The lowest BCUT2D eigenvalue weighted by Crippen LogP contribution is -2.32. The van der Waals surface area contributed by atoms with Crippen LogP contribution in [0.4, 0.5) is 10.3 Å². The van der Waals surface area contributed by atoms with E-state index in [1.165, 1.54) is 23.3 Å². The Balaban J connectivity index is 1.43. The van der Waals surface area contributed by atoms with Gasteiger partial charge >= 0.3 is 0 Å². The first-order valence-electron chi connectivity index (χ1n) is 11.9. The van der Waals surface area contributed by atoms with Crippen LogP contribution < -0.4 is 9.64 Å². The summed E-state index contributed by atoms with van der Waals surface area (Å²) in [6.45, 7) is 5.05. The lowest BCUT2D eigenvalue weighted by Gasteiger charge is -2.30. The number of benzene rings is 3. The van der Waals surface area contributed by atoms with Gasteiger partial charge in [-0.25, -0.2) is 9.37 Å². The van der Waals surface area contributed by atoms with Crippen molar-refractivity contribution < 1.29 is 9.13 Å². The number of anilines is 1. The first kappa shape index (κ1) is 23.0. The zero-order chi connectivity index (χ0) is 24.2. The maximum Gasteiger partial charge on any atom is 0.228 e. The highest BCUT2D eigenvalue weighted by atomic mass is 19.1. The van der Waals surface area contributed by atoms with Crippen LogP contribution in [0.5, 0.6) is 11.6 Å². The number of nitrogens with zero attached hydrogens (tertiary/aromatic N) is 4. The van der Waals surface area contributed by atoms with Crippen LogP contribution in [-0.4, -0.2) is 28.5 Å². The number of hydrogen-bond acceptors (Lipinski definition) is 5. The summed E-state index contributed by atoms with van der Waals surface area (Å²) in [6, 6.07) is 25.0. The zero-order valence-electron chi connectivity index (χ0n) is 20.1. The van der Waals surface area contributed by atoms with Crippen LogP contribution in [0.25, 0.3) is 0 Å². The van der Waals surface area contributed by atoms with Crippen molar-refractivity contribution in [3.05, 3.63) is 113 Å². The minimum Gasteiger partial charge on any atom is -0.439 e. The summed E-state index contributed by atoms with van der Waals surface area (Å²) in [5.74, 6) is 1.79. The minimum absolute atomic E-state index is 0.216. The van der Waals surface area contributed by atoms with E-state index in [1.54, 1.807) is 0 Å². The highest BCUT2D eigenvalue weighted by Gasteiger charge is 2.25. The first-order chi connectivity index (χ1) is 17.0. The van der Waals surface area contributed by atoms with Crippen molar-refractivity contribution in [2.24, 2.45) is 0 Å². The van der Waals surface area contributed by atoms with Gasteiger partial charge in [0.1, 0.15) is 11.6 Å². The highest BCUT2D eigenvalue weighted by molar-refractivity contribution is 5.44. The number of fused-ring (bicyclic) bond motifs is 1. The molecule has 0 N–H and O–H groups in total. The van der Waals surface area contributed by atoms with E-state index in [1.807, 2.05) is 61.6 Å². The number of ether oxygens (including phenoxy) is 1. The molecule has 1 aromatic heterocycles. The first-order valence-corrected chi connectivity index (χ1v) is 11.9. The van der Waals surface area contributed by atoms with Gasteiger partial charge in [-0.1, -0.05) is 60.2 Å². The summed E-state index contributed by atoms with van der Waals surface area (Å²) in [6.07, 6.45) is 0.801. The molecular weight excluding hydrogens is 439 g/mol. The van der Waals surface area contributed by atoms with Gasteiger partial charge in [0.05, 0.1) is 11.3 Å². The number of rotatable bonds is 7. The van der Waals surface area contributed by atoms with Crippen LogP contribution in [0.1, 0.15) is 27.9 Å². The summed E-state index contributed by atoms with van der Waals surface area (Å²) in [5.41, 5.74) is 5.48. The number of halogens is 1. The van der Waals surface area contributed by atoms with Crippen LogP contribution in [-0.2, 0) is 26.1 Å². The molecule has 35 heavy (non-hydrogen) atoms. The van der Waals surface area contributed by atoms with Gasteiger partial charge in [0.25, 0.3) is 0 Å². The smallest absolute Gasteiger partial charge is 0.228 e. The van der Waals surface area contributed by atoms with Crippen LogP contribution in [0.15, 0.2) is 78.9 Å². The summed E-state index contributed by atoms with van der Waals surface area (Å²) in [4.78, 5) is 14.2. The third kappa shape index (κ3) is 5.66. The van der Waals surface area contributed by atoms with Gasteiger partial charge in [0, 0.05) is 39.6 Å². The van der Waals surface area contributed by atoms with Crippen molar-refractivity contribution in [2.75, 3.05) is 18.5 Å². The van der Waals surface area contributed by atoms with E-state index >= 15 is 0 Å². The van der Waals surface area contributed by atoms with E-state index in [-0.39, 0.29) is 5.82 Å². The lowest BCUT2D eigenvalue weighted by molar-refractivity contribution is 0.238. The predicted octanol–water partition coefficient (Wildman–Crippen LogP) is 5.91. The van der Waals surface area contributed by atoms with E-state index in [4.69, 9.17) is 14.7 Å². The largest absolute Gasteiger partial charge is 0.439 e. The van der Waals surface area contributed by atoms with Gasteiger partial charge in [-0.3, -0.25) is 4.90 Å². The Morgan fingerprint density at radius 1 is 0.914 bits per heavy atom. The standard InChI is InChI=1S/C29H29FN4O/c1-21-8-14-25(15-9-21)35-28-26-20-34(19-23-10-12-24(30)13-11-23)17-16-27(26)31-29(32-28)33(2)18-22-6-4-3-5-7-22/h3-15H,16-20H2,1-2H3. The molecule has 6 heteroatoms. The van der Waals surface area contributed by atoms with Crippen molar-refractivity contribution in [3.8, 4) is 11.6 Å². The zero-order valence-corrected chi connectivity index (χ0v) is 20.1. The Morgan fingerprint density at radius 2 is 1.66 bits per heavy atom. The molecule has 2 heterocycles. The molecule has 0 radical (unpaired) electrons. The maximum absolute atomic E-state index is 13.3. The van der Waals surface area contributed by atoms with Gasteiger partial charge in [-0.2, -0.15) is 4.98 Å². The molecule has 178 valence electrons. The molecule has 4 aromatic rings. The molecule has 1 aliphatic rings. The van der Waals surface area contributed by atoms with E-state index in [9.17, 15) is 4.39 Å². The van der Waals surface area contributed by atoms with Gasteiger partial charge in [-0.05, 0) is 42.3 Å². The molecular formula is C29H29FN4O. The quantitative estimate of drug-likeness (QED) is 0.337. The average molecular weight is 469 g/mol. The lowest BCUT2D eigenvalue weighted by atomic mass is 10.1. The molecule has 5 rings (SSSR count). The fourth-order valence-electron chi connectivity index (χ4n) is 4.31. The van der Waals surface area contributed by atoms with Gasteiger partial charge in [0.15, 0.2) is 0 Å². The van der Waals surface area contributed by atoms with E-state index in [2.05, 4.69) is 28.9 Å². The fourth-order valence-corrected chi connectivity index (χ4v) is 4.31. The normalized spacial score (nSPS) is 13.3. The molecule has 0 bridgehead atoms. The Bertz CT molecular complexity index is 1280. The number of hydrogen-bond donors (Lipinski definition) is 0. The molecule has 0 unspecified atom stereocenters. The monoisotopic (exact) mass is 468 g/mol. The number of aromatic nitrogens is 2. The molecule has 5 nitrogen and oxygen atoms in total. The summed E-state index contributed by atoms with van der Waals surface area (Å²) < 4.78 is 19.7. The van der Waals surface area contributed by atoms with Crippen LogP contribution >= 0.6 is 0 Å². The molecule has 0 saturated carbocycles. The third-order valence-corrected chi connectivity index (χ3v) is 6.25. The fraction of sp³-hybridized carbons (Fsp3) is 0.241. The molecule has 1 aliphatic heterocycles. The van der Waals surface area contributed by atoms with Crippen molar-refractivity contribution in [1.82, 2.24) is 14.9 Å². The van der Waals surface area contributed by atoms with Crippen LogP contribution in [0.2, 0.25) is 0 Å². The topological polar surface area (TPSA) is 41.5 Å². The second-order valence-corrected chi connectivity index (χ2v) is 9.10. The number of aryl methyl sites for hydroxylation is 1.